The van der Waals surface area contributed by atoms with Gasteiger partial charge < -0.3 is 20.3 Å². The molecule has 6 nitrogen and oxygen atoms in total. The lowest BCUT2D eigenvalue weighted by atomic mass is 9.91. The molecule has 1 fully saturated rings. The molecule has 2 aliphatic rings. The van der Waals surface area contributed by atoms with Crippen molar-refractivity contribution in [2.45, 2.75) is 37.7 Å². The van der Waals surface area contributed by atoms with Crippen molar-refractivity contribution in [1.82, 2.24) is 10.6 Å². The Morgan fingerprint density at radius 2 is 2.04 bits per heavy atom. The molecule has 2 heterocycles. The third-order valence-corrected chi connectivity index (χ3v) is 5.26. The second-order valence-electron chi connectivity index (χ2n) is 6.73. The van der Waals surface area contributed by atoms with E-state index >= 15 is 0 Å². The molecular formula is C19H27N3O3. The number of anilines is 1. The van der Waals surface area contributed by atoms with Crippen LogP contribution in [-0.4, -0.2) is 50.7 Å². The van der Waals surface area contributed by atoms with Crippen LogP contribution in [0.5, 0.6) is 0 Å². The maximum atomic E-state index is 12.5. The van der Waals surface area contributed by atoms with Gasteiger partial charge in [-0.2, -0.15) is 0 Å². The first-order valence-corrected chi connectivity index (χ1v) is 9.09. The topological polar surface area (TPSA) is 70.7 Å². The van der Waals surface area contributed by atoms with Gasteiger partial charge in [-0.15, -0.1) is 0 Å². The number of hydrogen-bond acceptors (Lipinski definition) is 4. The normalized spacial score (nSPS) is 18.7. The molecule has 25 heavy (non-hydrogen) atoms. The Morgan fingerprint density at radius 1 is 1.28 bits per heavy atom. The lowest BCUT2D eigenvalue weighted by Crippen LogP contribution is -2.54. The summed E-state index contributed by atoms with van der Waals surface area (Å²) in [5.41, 5.74) is 1.55. The molecular weight excluding hydrogens is 318 g/mol. The second kappa shape index (κ2) is 7.97. The SMILES string of the molecule is COC1(C(=O)NCCCC(=O)N2CCc3ccccc32)CCNCC1. The van der Waals surface area contributed by atoms with Crippen LogP contribution >= 0.6 is 0 Å². The maximum Gasteiger partial charge on any atom is 0.252 e. The van der Waals surface area contributed by atoms with Gasteiger partial charge in [0.05, 0.1) is 0 Å². The van der Waals surface area contributed by atoms with E-state index < -0.39 is 5.60 Å². The van der Waals surface area contributed by atoms with Crippen molar-refractivity contribution in [2.24, 2.45) is 0 Å². The Balaban J connectivity index is 1.44. The number of benzene rings is 1. The highest BCUT2D eigenvalue weighted by Crippen LogP contribution is 2.28. The fourth-order valence-corrected chi connectivity index (χ4v) is 3.69. The molecule has 0 atom stereocenters. The largest absolute Gasteiger partial charge is 0.368 e. The van der Waals surface area contributed by atoms with Gasteiger partial charge in [0.2, 0.25) is 5.91 Å². The summed E-state index contributed by atoms with van der Waals surface area (Å²) in [6, 6.07) is 8.05. The predicted molar refractivity (Wildman–Crippen MR) is 96.6 cm³/mol. The number of carbonyl (C=O) groups is 2. The monoisotopic (exact) mass is 345 g/mol. The number of amides is 2. The summed E-state index contributed by atoms with van der Waals surface area (Å²) in [4.78, 5) is 26.8. The van der Waals surface area contributed by atoms with Gasteiger partial charge in [0.1, 0.15) is 5.60 Å². The standard InChI is InChI=1S/C19H27N3O3/c1-25-19(9-12-20-13-10-19)18(24)21-11-4-7-17(23)22-14-8-15-5-2-3-6-16(15)22/h2-3,5-6,20H,4,7-14H2,1H3,(H,21,24). The van der Waals surface area contributed by atoms with Gasteiger partial charge in [0.25, 0.3) is 5.91 Å². The van der Waals surface area contributed by atoms with Gasteiger partial charge in [-0.05, 0) is 50.4 Å². The van der Waals surface area contributed by atoms with Crippen molar-refractivity contribution in [1.29, 1.82) is 0 Å². The van der Waals surface area contributed by atoms with Crippen LogP contribution in [0.3, 0.4) is 0 Å². The Morgan fingerprint density at radius 3 is 2.80 bits per heavy atom. The molecule has 6 heteroatoms. The summed E-state index contributed by atoms with van der Waals surface area (Å²) in [5, 5.41) is 6.19. The molecule has 1 aromatic rings. The third-order valence-electron chi connectivity index (χ3n) is 5.26. The van der Waals surface area contributed by atoms with Gasteiger partial charge in [-0.25, -0.2) is 0 Å². The average Bonchev–Trinajstić information content (AvgIpc) is 3.09. The molecule has 1 saturated heterocycles. The van der Waals surface area contributed by atoms with E-state index in [1.54, 1.807) is 7.11 Å². The summed E-state index contributed by atoms with van der Waals surface area (Å²) < 4.78 is 5.51. The van der Waals surface area contributed by atoms with Crippen LogP contribution in [0.2, 0.25) is 0 Å². The Labute approximate surface area is 148 Å². The van der Waals surface area contributed by atoms with Crippen molar-refractivity contribution in [3.63, 3.8) is 0 Å². The molecule has 2 aliphatic heterocycles. The maximum absolute atomic E-state index is 12.5. The fraction of sp³-hybridized carbons (Fsp3) is 0.579. The minimum atomic E-state index is -0.719. The number of fused-ring (bicyclic) bond motifs is 1. The van der Waals surface area contributed by atoms with Crippen molar-refractivity contribution in [2.75, 3.05) is 38.2 Å². The lowest BCUT2D eigenvalue weighted by Gasteiger charge is -2.34. The first kappa shape index (κ1) is 17.9. The Hall–Kier alpha value is -1.92. The quantitative estimate of drug-likeness (QED) is 0.761. The van der Waals surface area contributed by atoms with Gasteiger partial charge in [-0.1, -0.05) is 18.2 Å². The third kappa shape index (κ3) is 3.85. The molecule has 0 spiro atoms. The van der Waals surface area contributed by atoms with E-state index in [1.807, 2.05) is 23.1 Å². The van der Waals surface area contributed by atoms with E-state index in [9.17, 15) is 9.59 Å². The van der Waals surface area contributed by atoms with Gasteiger partial charge >= 0.3 is 0 Å². The van der Waals surface area contributed by atoms with Gasteiger partial charge in [0, 0.05) is 32.3 Å². The van der Waals surface area contributed by atoms with E-state index in [1.165, 1.54) is 5.56 Å². The van der Waals surface area contributed by atoms with Crippen molar-refractivity contribution >= 4 is 17.5 Å². The van der Waals surface area contributed by atoms with E-state index in [0.717, 1.165) is 31.7 Å². The van der Waals surface area contributed by atoms with E-state index in [4.69, 9.17) is 4.74 Å². The molecule has 3 rings (SSSR count). The van der Waals surface area contributed by atoms with Gasteiger partial charge in [0.15, 0.2) is 0 Å². The van der Waals surface area contributed by atoms with Crippen molar-refractivity contribution in [3.05, 3.63) is 29.8 Å². The number of nitrogens with one attached hydrogen (secondary N) is 2. The zero-order valence-electron chi connectivity index (χ0n) is 14.8. The number of methoxy groups -OCH3 is 1. The van der Waals surface area contributed by atoms with Crippen LogP contribution in [0.25, 0.3) is 0 Å². The molecule has 0 aromatic heterocycles. The van der Waals surface area contributed by atoms with Crippen LogP contribution in [0.4, 0.5) is 5.69 Å². The molecule has 2 amide bonds. The number of piperidine rings is 1. The van der Waals surface area contributed by atoms with Gasteiger partial charge in [-0.3, -0.25) is 9.59 Å². The van der Waals surface area contributed by atoms with Crippen LogP contribution in [0, 0.1) is 0 Å². The van der Waals surface area contributed by atoms with Crippen LogP contribution < -0.4 is 15.5 Å². The van der Waals surface area contributed by atoms with Crippen LogP contribution in [-0.2, 0) is 20.7 Å². The highest BCUT2D eigenvalue weighted by Gasteiger charge is 2.39. The van der Waals surface area contributed by atoms with Crippen LogP contribution in [0.1, 0.15) is 31.2 Å². The first-order valence-electron chi connectivity index (χ1n) is 9.09. The van der Waals surface area contributed by atoms with E-state index in [2.05, 4.69) is 16.7 Å². The zero-order chi connectivity index (χ0) is 17.7. The second-order valence-corrected chi connectivity index (χ2v) is 6.73. The number of rotatable bonds is 6. The molecule has 2 N–H and O–H groups in total. The summed E-state index contributed by atoms with van der Waals surface area (Å²) in [6.45, 7) is 2.82. The molecule has 0 unspecified atom stereocenters. The number of hydrogen-bond donors (Lipinski definition) is 2. The van der Waals surface area contributed by atoms with E-state index in [0.29, 0.717) is 32.2 Å². The number of carbonyl (C=O) groups excluding carboxylic acids is 2. The summed E-state index contributed by atoms with van der Waals surface area (Å²) in [6.07, 6.45) is 3.36. The van der Waals surface area contributed by atoms with Crippen molar-refractivity contribution < 1.29 is 14.3 Å². The minimum Gasteiger partial charge on any atom is -0.368 e. The zero-order valence-corrected chi connectivity index (χ0v) is 14.8. The Kier molecular flexibility index (Phi) is 5.71. The molecule has 1 aromatic carbocycles. The molecule has 0 aliphatic carbocycles. The summed E-state index contributed by atoms with van der Waals surface area (Å²) >= 11 is 0. The number of para-hydroxylation sites is 1. The minimum absolute atomic E-state index is 0.0598. The highest BCUT2D eigenvalue weighted by molar-refractivity contribution is 5.95. The molecule has 0 saturated carbocycles. The highest BCUT2D eigenvalue weighted by atomic mass is 16.5. The average molecular weight is 345 g/mol. The summed E-state index contributed by atoms with van der Waals surface area (Å²) in [7, 11) is 1.60. The van der Waals surface area contributed by atoms with E-state index in [-0.39, 0.29) is 11.8 Å². The fourth-order valence-electron chi connectivity index (χ4n) is 3.69. The first-order chi connectivity index (χ1) is 12.2. The molecule has 0 bridgehead atoms. The molecule has 136 valence electrons. The molecule has 0 radical (unpaired) electrons. The van der Waals surface area contributed by atoms with Crippen molar-refractivity contribution in [3.8, 4) is 0 Å². The predicted octanol–water partition coefficient (Wildman–Crippen LogP) is 1.24. The number of nitrogens with zero attached hydrogens (tertiary/aromatic N) is 1. The smallest absolute Gasteiger partial charge is 0.252 e. The summed E-state index contributed by atoms with van der Waals surface area (Å²) in [5.74, 6) is 0.0676. The lowest BCUT2D eigenvalue weighted by molar-refractivity contribution is -0.146. The number of ether oxygens (including phenoxy) is 1. The Bertz CT molecular complexity index is 626. The van der Waals surface area contributed by atoms with Crippen LogP contribution in [0.15, 0.2) is 24.3 Å².